The van der Waals surface area contributed by atoms with Gasteiger partial charge in [0.05, 0.1) is 12.2 Å². The molecular formula is C20H22N2O4. The Hall–Kier alpha value is -3.02. The summed E-state index contributed by atoms with van der Waals surface area (Å²) in [4.78, 5) is 25.4. The number of hydrogen-bond acceptors (Lipinski definition) is 4. The molecule has 0 aliphatic carbocycles. The standard InChI is InChI=1S/C20H22N2O4/c1-13-4-7-17(8-5-13)25-11-10-22-18-9-6-16(21-15(3)23)12-19(18)26-14(2)20(22)24/h4-9,12,14H,10-11H2,1-3H3,(H,21,23). The number of amides is 2. The van der Waals surface area contributed by atoms with Crippen molar-refractivity contribution in [1.82, 2.24) is 0 Å². The lowest BCUT2D eigenvalue weighted by atomic mass is 10.1. The Kier molecular flexibility index (Phi) is 5.11. The minimum absolute atomic E-state index is 0.114. The molecule has 2 amide bonds. The zero-order chi connectivity index (χ0) is 18.7. The molecule has 1 N–H and O–H groups in total. The van der Waals surface area contributed by atoms with Crippen LogP contribution in [-0.4, -0.2) is 31.1 Å². The van der Waals surface area contributed by atoms with E-state index in [9.17, 15) is 9.59 Å². The van der Waals surface area contributed by atoms with Crippen LogP contribution < -0.4 is 19.7 Å². The van der Waals surface area contributed by atoms with E-state index in [2.05, 4.69) is 5.32 Å². The molecule has 6 heteroatoms. The van der Waals surface area contributed by atoms with Crippen molar-refractivity contribution in [1.29, 1.82) is 0 Å². The van der Waals surface area contributed by atoms with Crippen molar-refractivity contribution in [3.05, 3.63) is 48.0 Å². The molecule has 2 aromatic rings. The van der Waals surface area contributed by atoms with Gasteiger partial charge in [-0.05, 0) is 38.1 Å². The van der Waals surface area contributed by atoms with E-state index in [1.165, 1.54) is 12.5 Å². The number of anilines is 2. The molecule has 0 saturated carbocycles. The van der Waals surface area contributed by atoms with Crippen LogP contribution in [0.15, 0.2) is 42.5 Å². The van der Waals surface area contributed by atoms with Gasteiger partial charge in [0.15, 0.2) is 6.10 Å². The number of carbonyl (C=O) groups excluding carboxylic acids is 2. The van der Waals surface area contributed by atoms with Gasteiger partial charge in [-0.15, -0.1) is 0 Å². The summed E-state index contributed by atoms with van der Waals surface area (Å²) in [7, 11) is 0. The first kappa shape index (κ1) is 17.8. The van der Waals surface area contributed by atoms with Gasteiger partial charge in [-0.2, -0.15) is 0 Å². The Morgan fingerprint density at radius 1 is 1.23 bits per heavy atom. The molecular weight excluding hydrogens is 332 g/mol. The van der Waals surface area contributed by atoms with Gasteiger partial charge in [0.1, 0.15) is 18.1 Å². The Morgan fingerprint density at radius 3 is 2.65 bits per heavy atom. The second-order valence-electron chi connectivity index (χ2n) is 6.28. The molecule has 1 aliphatic heterocycles. The van der Waals surface area contributed by atoms with Crippen molar-refractivity contribution in [2.45, 2.75) is 26.9 Å². The first-order valence-corrected chi connectivity index (χ1v) is 8.53. The van der Waals surface area contributed by atoms with Crippen LogP contribution >= 0.6 is 0 Å². The van der Waals surface area contributed by atoms with E-state index < -0.39 is 6.10 Å². The largest absolute Gasteiger partial charge is 0.492 e. The molecule has 6 nitrogen and oxygen atoms in total. The van der Waals surface area contributed by atoms with Crippen molar-refractivity contribution < 1.29 is 19.1 Å². The molecule has 0 spiro atoms. The highest BCUT2D eigenvalue weighted by Crippen LogP contribution is 2.36. The fourth-order valence-corrected chi connectivity index (χ4v) is 2.81. The number of rotatable bonds is 5. The van der Waals surface area contributed by atoms with E-state index in [0.29, 0.717) is 30.3 Å². The summed E-state index contributed by atoms with van der Waals surface area (Å²) in [6.45, 7) is 5.95. The molecule has 1 atom stereocenters. The predicted octanol–water partition coefficient (Wildman–Crippen LogP) is 3.15. The van der Waals surface area contributed by atoms with Crippen LogP contribution in [-0.2, 0) is 9.59 Å². The number of ether oxygens (including phenoxy) is 2. The third kappa shape index (κ3) is 3.96. The lowest BCUT2D eigenvalue weighted by molar-refractivity contribution is -0.125. The quantitative estimate of drug-likeness (QED) is 0.896. The molecule has 1 aliphatic rings. The van der Waals surface area contributed by atoms with Gasteiger partial charge in [0.25, 0.3) is 5.91 Å². The maximum absolute atomic E-state index is 12.5. The highest BCUT2D eigenvalue weighted by atomic mass is 16.5. The first-order valence-electron chi connectivity index (χ1n) is 8.53. The van der Waals surface area contributed by atoms with Crippen LogP contribution in [0.3, 0.4) is 0 Å². The monoisotopic (exact) mass is 354 g/mol. The number of benzene rings is 2. The number of carbonyl (C=O) groups is 2. The van der Waals surface area contributed by atoms with Crippen LogP contribution in [0.2, 0.25) is 0 Å². The van der Waals surface area contributed by atoms with E-state index in [1.54, 1.807) is 30.0 Å². The third-order valence-corrected chi connectivity index (χ3v) is 4.09. The molecule has 26 heavy (non-hydrogen) atoms. The van der Waals surface area contributed by atoms with E-state index in [0.717, 1.165) is 5.75 Å². The van der Waals surface area contributed by atoms with E-state index in [-0.39, 0.29) is 11.8 Å². The molecule has 136 valence electrons. The maximum Gasteiger partial charge on any atom is 0.267 e. The number of hydrogen-bond donors (Lipinski definition) is 1. The van der Waals surface area contributed by atoms with Crippen LogP contribution in [0, 0.1) is 6.92 Å². The van der Waals surface area contributed by atoms with Crippen LogP contribution in [0.1, 0.15) is 19.4 Å². The SMILES string of the molecule is CC(=O)Nc1ccc2c(c1)OC(C)C(=O)N2CCOc1ccc(C)cc1. The second-order valence-corrected chi connectivity index (χ2v) is 6.28. The Balaban J connectivity index is 1.73. The van der Waals surface area contributed by atoms with Gasteiger partial charge in [0, 0.05) is 18.7 Å². The van der Waals surface area contributed by atoms with Gasteiger partial charge in [0.2, 0.25) is 5.91 Å². The molecule has 1 unspecified atom stereocenters. The van der Waals surface area contributed by atoms with Crippen LogP contribution in [0.4, 0.5) is 11.4 Å². The molecule has 0 aromatic heterocycles. The van der Waals surface area contributed by atoms with Gasteiger partial charge in [-0.3, -0.25) is 9.59 Å². The third-order valence-electron chi connectivity index (χ3n) is 4.09. The van der Waals surface area contributed by atoms with Gasteiger partial charge >= 0.3 is 0 Å². The number of aryl methyl sites for hydroxylation is 1. The van der Waals surface area contributed by atoms with Gasteiger partial charge in [-0.25, -0.2) is 0 Å². The minimum Gasteiger partial charge on any atom is -0.492 e. The van der Waals surface area contributed by atoms with E-state index in [4.69, 9.17) is 9.47 Å². The zero-order valence-electron chi connectivity index (χ0n) is 15.1. The first-order chi connectivity index (χ1) is 12.4. The summed E-state index contributed by atoms with van der Waals surface area (Å²) in [5, 5.41) is 2.72. The van der Waals surface area contributed by atoms with Gasteiger partial charge < -0.3 is 19.7 Å². The lowest BCUT2D eigenvalue weighted by Crippen LogP contribution is -2.46. The van der Waals surface area contributed by atoms with Crippen molar-refractivity contribution in [2.24, 2.45) is 0 Å². The predicted molar refractivity (Wildman–Crippen MR) is 99.9 cm³/mol. The van der Waals surface area contributed by atoms with Crippen LogP contribution in [0.5, 0.6) is 11.5 Å². The molecule has 0 fully saturated rings. The average Bonchev–Trinajstić information content (AvgIpc) is 2.59. The molecule has 0 saturated heterocycles. The van der Waals surface area contributed by atoms with E-state index >= 15 is 0 Å². The second kappa shape index (κ2) is 7.47. The van der Waals surface area contributed by atoms with Crippen LogP contribution in [0.25, 0.3) is 0 Å². The fourth-order valence-electron chi connectivity index (χ4n) is 2.81. The molecule has 1 heterocycles. The van der Waals surface area contributed by atoms with Gasteiger partial charge in [-0.1, -0.05) is 17.7 Å². The summed E-state index contributed by atoms with van der Waals surface area (Å²) in [5.74, 6) is 1.06. The normalized spacial score (nSPS) is 15.9. The smallest absolute Gasteiger partial charge is 0.267 e. The van der Waals surface area contributed by atoms with Crippen molar-refractivity contribution in [3.8, 4) is 11.5 Å². The van der Waals surface area contributed by atoms with E-state index in [1.807, 2.05) is 31.2 Å². The topological polar surface area (TPSA) is 67.9 Å². The summed E-state index contributed by atoms with van der Waals surface area (Å²) >= 11 is 0. The highest BCUT2D eigenvalue weighted by Gasteiger charge is 2.31. The molecule has 2 aromatic carbocycles. The lowest BCUT2D eigenvalue weighted by Gasteiger charge is -2.33. The summed E-state index contributed by atoms with van der Waals surface area (Å²) in [6, 6.07) is 13.0. The molecule has 0 radical (unpaired) electrons. The Bertz CT molecular complexity index is 817. The average molecular weight is 354 g/mol. The summed E-state index contributed by atoms with van der Waals surface area (Å²) in [6.07, 6.45) is -0.588. The number of nitrogens with zero attached hydrogens (tertiary/aromatic N) is 1. The molecule has 3 rings (SSSR count). The maximum atomic E-state index is 12.5. The minimum atomic E-state index is -0.588. The van der Waals surface area contributed by atoms with Crippen molar-refractivity contribution >= 4 is 23.2 Å². The number of nitrogens with one attached hydrogen (secondary N) is 1. The summed E-state index contributed by atoms with van der Waals surface area (Å²) in [5.41, 5.74) is 2.47. The number of fused-ring (bicyclic) bond motifs is 1. The highest BCUT2D eigenvalue weighted by molar-refractivity contribution is 6.00. The zero-order valence-corrected chi connectivity index (χ0v) is 15.1. The molecule has 0 bridgehead atoms. The fraction of sp³-hybridized carbons (Fsp3) is 0.300. The Labute approximate surface area is 152 Å². The van der Waals surface area contributed by atoms with Crippen molar-refractivity contribution in [2.75, 3.05) is 23.4 Å². The summed E-state index contributed by atoms with van der Waals surface area (Å²) < 4.78 is 11.4. The van der Waals surface area contributed by atoms with Crippen molar-refractivity contribution in [3.63, 3.8) is 0 Å². The Morgan fingerprint density at radius 2 is 1.96 bits per heavy atom.